The number of nitrogens with zero attached hydrogens (tertiary/aromatic N) is 3. The van der Waals surface area contributed by atoms with Crippen molar-refractivity contribution in [2.45, 2.75) is 39.3 Å². The quantitative estimate of drug-likeness (QED) is 0.869. The molecule has 138 valence electrons. The number of H-pyrrole nitrogens is 1. The molecule has 8 heteroatoms. The number of hydrogen-bond acceptors (Lipinski definition) is 4. The molecule has 0 fully saturated rings. The average Bonchev–Trinajstić information content (AvgIpc) is 3.10. The Bertz CT molecular complexity index is 849. The predicted molar refractivity (Wildman–Crippen MR) is 94.8 cm³/mol. The molecule has 0 radical (unpaired) electrons. The smallest absolute Gasteiger partial charge is 0.307 e. The first-order valence-electron chi connectivity index (χ1n) is 8.48. The molecule has 2 aromatic heterocycles. The Hall–Kier alpha value is -2.64. The van der Waals surface area contributed by atoms with Crippen molar-refractivity contribution in [2.24, 2.45) is 5.10 Å². The molecule has 5 nitrogen and oxygen atoms in total. The van der Waals surface area contributed by atoms with E-state index in [1.807, 2.05) is 26.0 Å². The second-order valence-electron chi connectivity index (χ2n) is 6.10. The van der Waals surface area contributed by atoms with Crippen molar-refractivity contribution >= 4 is 12.3 Å². The van der Waals surface area contributed by atoms with Crippen LogP contribution in [-0.4, -0.2) is 27.9 Å². The second kappa shape index (κ2) is 7.31. The van der Waals surface area contributed by atoms with Gasteiger partial charge in [-0.15, -0.1) is 0 Å². The van der Waals surface area contributed by atoms with Gasteiger partial charge in [0.25, 0.3) is 0 Å². The number of hydrogen-bond donors (Lipinski definition) is 2. The SMILES string of the molecule is CCCc1c(-c2c[nH]nc2C(F)(F)F)nc2c(c1C)C/C=N\NC/C=C\2. The van der Waals surface area contributed by atoms with Gasteiger partial charge in [0.15, 0.2) is 5.69 Å². The van der Waals surface area contributed by atoms with Crippen LogP contribution in [0.2, 0.25) is 0 Å². The molecule has 0 spiro atoms. The number of alkyl halides is 3. The first-order chi connectivity index (χ1) is 12.4. The molecule has 0 aliphatic carbocycles. The van der Waals surface area contributed by atoms with Gasteiger partial charge in [-0.05, 0) is 36.1 Å². The molecule has 3 rings (SSSR count). The third-order valence-corrected chi connectivity index (χ3v) is 4.36. The first kappa shape index (κ1) is 18.2. The Morgan fingerprint density at radius 3 is 2.81 bits per heavy atom. The van der Waals surface area contributed by atoms with Crippen LogP contribution in [0, 0.1) is 6.92 Å². The molecule has 3 heterocycles. The largest absolute Gasteiger partial charge is 0.435 e. The maximum Gasteiger partial charge on any atom is 0.435 e. The summed E-state index contributed by atoms with van der Waals surface area (Å²) in [6.07, 6.45) is 4.20. The Labute approximate surface area is 149 Å². The van der Waals surface area contributed by atoms with Crippen molar-refractivity contribution < 1.29 is 13.2 Å². The van der Waals surface area contributed by atoms with Crippen LogP contribution in [0.3, 0.4) is 0 Å². The molecule has 0 saturated heterocycles. The van der Waals surface area contributed by atoms with Crippen LogP contribution in [0.25, 0.3) is 17.3 Å². The molecule has 0 atom stereocenters. The van der Waals surface area contributed by atoms with E-state index in [2.05, 4.69) is 25.7 Å². The average molecular weight is 363 g/mol. The Morgan fingerprint density at radius 2 is 2.08 bits per heavy atom. The van der Waals surface area contributed by atoms with Crippen molar-refractivity contribution in [1.29, 1.82) is 0 Å². The molecule has 0 unspecified atom stereocenters. The van der Waals surface area contributed by atoms with E-state index in [0.717, 1.165) is 23.1 Å². The normalized spacial score (nSPS) is 16.8. The van der Waals surface area contributed by atoms with Gasteiger partial charge in [0.2, 0.25) is 0 Å². The first-order valence-corrected chi connectivity index (χ1v) is 8.48. The number of aromatic amines is 1. The van der Waals surface area contributed by atoms with Crippen molar-refractivity contribution in [3.63, 3.8) is 0 Å². The minimum absolute atomic E-state index is 0.00749. The van der Waals surface area contributed by atoms with Crippen molar-refractivity contribution in [3.8, 4) is 11.3 Å². The molecule has 0 aromatic carbocycles. The van der Waals surface area contributed by atoms with E-state index in [4.69, 9.17) is 0 Å². The molecular weight excluding hydrogens is 343 g/mol. The summed E-state index contributed by atoms with van der Waals surface area (Å²) in [6, 6.07) is 0. The summed E-state index contributed by atoms with van der Waals surface area (Å²) in [5.41, 5.74) is 5.72. The van der Waals surface area contributed by atoms with Gasteiger partial charge in [-0.1, -0.05) is 19.4 Å². The number of rotatable bonds is 3. The number of aromatic nitrogens is 3. The van der Waals surface area contributed by atoms with Crippen molar-refractivity contribution in [2.75, 3.05) is 6.54 Å². The van der Waals surface area contributed by atoms with E-state index < -0.39 is 11.9 Å². The summed E-state index contributed by atoms with van der Waals surface area (Å²) in [7, 11) is 0. The number of nitrogens with one attached hydrogen (secondary N) is 2. The lowest BCUT2D eigenvalue weighted by atomic mass is 9.92. The molecule has 2 N–H and O–H groups in total. The van der Waals surface area contributed by atoms with Gasteiger partial charge in [0.1, 0.15) is 0 Å². The lowest BCUT2D eigenvalue weighted by Crippen LogP contribution is -2.11. The maximum atomic E-state index is 13.3. The van der Waals surface area contributed by atoms with Gasteiger partial charge in [-0.3, -0.25) is 5.10 Å². The van der Waals surface area contributed by atoms with Gasteiger partial charge < -0.3 is 5.43 Å². The third kappa shape index (κ3) is 3.49. The zero-order valence-corrected chi connectivity index (χ0v) is 14.6. The summed E-state index contributed by atoms with van der Waals surface area (Å²) in [5.74, 6) is 0. The van der Waals surface area contributed by atoms with Crippen LogP contribution in [0.15, 0.2) is 17.4 Å². The fraction of sp³-hybridized carbons (Fsp3) is 0.389. The Balaban J connectivity index is 2.26. The summed E-state index contributed by atoms with van der Waals surface area (Å²) in [5, 5.41) is 9.87. The molecule has 1 aliphatic rings. The van der Waals surface area contributed by atoms with Gasteiger partial charge in [-0.25, -0.2) is 4.98 Å². The van der Waals surface area contributed by atoms with E-state index in [1.54, 1.807) is 6.21 Å². The molecule has 2 aromatic rings. The number of halogens is 3. The molecule has 26 heavy (non-hydrogen) atoms. The fourth-order valence-electron chi connectivity index (χ4n) is 3.15. The van der Waals surface area contributed by atoms with E-state index in [1.165, 1.54) is 6.20 Å². The molecule has 1 aliphatic heterocycles. The third-order valence-electron chi connectivity index (χ3n) is 4.36. The highest BCUT2D eigenvalue weighted by Crippen LogP contribution is 2.38. The standard InChI is InChI=1S/C18H20F3N5/c1-3-5-13-11(2)12-7-9-23-22-8-4-6-15(12)25-16(13)14-10-24-26-17(14)18(19,20)21/h4,6,9-10,22H,3,5,7-8H2,1-2H3,(H,24,26)/b6-4-,23-9-. The summed E-state index contributed by atoms with van der Waals surface area (Å²) in [6.45, 7) is 4.47. The number of pyridine rings is 1. The number of fused-ring (bicyclic) bond motifs is 1. The van der Waals surface area contributed by atoms with Crippen LogP contribution in [0.4, 0.5) is 13.2 Å². The van der Waals surface area contributed by atoms with Gasteiger partial charge >= 0.3 is 6.18 Å². The minimum Gasteiger partial charge on any atom is -0.307 e. The molecular formula is C18H20F3N5. The van der Waals surface area contributed by atoms with Gasteiger partial charge in [0.05, 0.1) is 23.5 Å². The summed E-state index contributed by atoms with van der Waals surface area (Å²) >= 11 is 0. The van der Waals surface area contributed by atoms with Crippen LogP contribution in [0.1, 0.15) is 41.4 Å². The van der Waals surface area contributed by atoms with Gasteiger partial charge in [-0.2, -0.15) is 23.4 Å². The monoisotopic (exact) mass is 363 g/mol. The Kier molecular flexibility index (Phi) is 5.11. The molecule has 0 saturated carbocycles. The van der Waals surface area contributed by atoms with E-state index in [0.29, 0.717) is 30.8 Å². The van der Waals surface area contributed by atoms with Gasteiger partial charge in [0, 0.05) is 18.8 Å². The van der Waals surface area contributed by atoms with Crippen LogP contribution in [0.5, 0.6) is 0 Å². The van der Waals surface area contributed by atoms with Crippen molar-refractivity contribution in [3.05, 3.63) is 40.4 Å². The lowest BCUT2D eigenvalue weighted by molar-refractivity contribution is -0.140. The molecule has 0 amide bonds. The predicted octanol–water partition coefficient (Wildman–Crippen LogP) is 3.90. The van der Waals surface area contributed by atoms with Crippen LogP contribution < -0.4 is 5.43 Å². The molecule has 0 bridgehead atoms. The van der Waals surface area contributed by atoms with Crippen LogP contribution >= 0.6 is 0 Å². The maximum absolute atomic E-state index is 13.3. The van der Waals surface area contributed by atoms with Crippen molar-refractivity contribution in [1.82, 2.24) is 20.6 Å². The second-order valence-corrected chi connectivity index (χ2v) is 6.10. The highest BCUT2D eigenvalue weighted by Gasteiger charge is 2.38. The van der Waals surface area contributed by atoms with E-state index in [9.17, 15) is 13.2 Å². The lowest BCUT2D eigenvalue weighted by Gasteiger charge is -2.18. The topological polar surface area (TPSA) is 66.0 Å². The summed E-state index contributed by atoms with van der Waals surface area (Å²) in [4.78, 5) is 4.62. The van der Waals surface area contributed by atoms with E-state index in [-0.39, 0.29) is 5.56 Å². The number of hydrazone groups is 1. The summed E-state index contributed by atoms with van der Waals surface area (Å²) < 4.78 is 40.0. The highest BCUT2D eigenvalue weighted by atomic mass is 19.4. The zero-order chi connectivity index (χ0) is 18.7. The fourth-order valence-corrected chi connectivity index (χ4v) is 3.15. The highest BCUT2D eigenvalue weighted by molar-refractivity contribution is 5.73. The minimum atomic E-state index is -4.54. The Morgan fingerprint density at radius 1 is 1.27 bits per heavy atom. The van der Waals surface area contributed by atoms with Crippen LogP contribution in [-0.2, 0) is 19.0 Å². The van der Waals surface area contributed by atoms with E-state index >= 15 is 0 Å². The zero-order valence-electron chi connectivity index (χ0n) is 14.6.